The molecule has 0 aromatic carbocycles. The Bertz CT molecular complexity index is 463. The molecule has 0 aromatic heterocycles. The van der Waals surface area contributed by atoms with E-state index < -0.39 is 61.3 Å². The molecule has 0 bridgehead atoms. The topological polar surface area (TPSA) is 303 Å². The van der Waals surface area contributed by atoms with Gasteiger partial charge in [0.25, 0.3) is 0 Å². The minimum absolute atomic E-state index is 0. The van der Waals surface area contributed by atoms with Gasteiger partial charge in [-0.05, 0) is 0 Å². The Balaban J connectivity index is -0.000000178. The van der Waals surface area contributed by atoms with E-state index in [4.69, 9.17) is 28.7 Å². The summed E-state index contributed by atoms with van der Waals surface area (Å²) in [5, 5.41) is 44.3. The molecule has 30 heavy (non-hydrogen) atoms. The van der Waals surface area contributed by atoms with E-state index in [0.717, 1.165) is 0 Å². The Morgan fingerprint density at radius 1 is 0.700 bits per heavy atom. The maximum atomic E-state index is 10.7. The van der Waals surface area contributed by atoms with Crippen LogP contribution in [0.15, 0.2) is 0 Å². The monoisotopic (exact) mass is 488 g/mol. The van der Waals surface area contributed by atoms with Crippen LogP contribution in [-0.4, -0.2) is 144 Å². The van der Waals surface area contributed by atoms with E-state index in [1.807, 2.05) is 0 Å². The first kappa shape index (κ1) is 40.5. The molecule has 0 heterocycles. The first-order valence-electron chi connectivity index (χ1n) is 8.02. The van der Waals surface area contributed by atoms with Crippen molar-refractivity contribution in [2.45, 2.75) is 30.8 Å². The van der Waals surface area contributed by atoms with Crippen LogP contribution in [0.3, 0.4) is 0 Å². The summed E-state index contributed by atoms with van der Waals surface area (Å²) >= 11 is 0. The molecule has 14 nitrogen and oxygen atoms in total. The summed E-state index contributed by atoms with van der Waals surface area (Å²) in [4.78, 5) is 42.3. The van der Waals surface area contributed by atoms with Crippen molar-refractivity contribution in [3.8, 4) is 0 Å². The van der Waals surface area contributed by atoms with Gasteiger partial charge in [-0.1, -0.05) is 0 Å². The zero-order valence-corrected chi connectivity index (χ0v) is 21.2. The van der Waals surface area contributed by atoms with Crippen molar-refractivity contribution in [1.82, 2.24) is 5.32 Å². The van der Waals surface area contributed by atoms with Crippen LogP contribution in [0, 0.1) is 0 Å². The average molecular weight is 489 g/mol. The third kappa shape index (κ3) is 26.2. The number of carboxylic acid groups (broad SMARTS) is 4. The van der Waals surface area contributed by atoms with Gasteiger partial charge in [-0.2, -0.15) is 0 Å². The Morgan fingerprint density at radius 2 is 1.03 bits per heavy atom. The molecule has 0 saturated heterocycles. The number of hydrogen-bond donors (Lipinski definition) is 6. The summed E-state index contributed by atoms with van der Waals surface area (Å²) in [7, 11) is 0. The number of rotatable bonds is 12. The molecule has 0 aliphatic heterocycles. The van der Waals surface area contributed by atoms with Crippen molar-refractivity contribution >= 4 is 99.4 Å². The molecule has 0 aromatic rings. The summed E-state index contributed by atoms with van der Waals surface area (Å²) in [6.45, 7) is 1.46. The zero-order valence-electron chi connectivity index (χ0n) is 16.8. The van der Waals surface area contributed by atoms with Crippen LogP contribution in [0.4, 0.5) is 0 Å². The van der Waals surface area contributed by atoms with Crippen LogP contribution >= 0.6 is 0 Å². The van der Waals surface area contributed by atoms with Gasteiger partial charge in [-0.3, -0.25) is 0 Å². The van der Waals surface area contributed by atoms with Crippen molar-refractivity contribution in [3.05, 3.63) is 0 Å². The summed E-state index contributed by atoms with van der Waals surface area (Å²) in [5.74, 6) is -6.81. The van der Waals surface area contributed by atoms with Crippen LogP contribution in [0.2, 0.25) is 0 Å². The molecule has 0 rings (SSSR count). The van der Waals surface area contributed by atoms with E-state index in [1.165, 1.54) is 0 Å². The van der Waals surface area contributed by atoms with Crippen molar-refractivity contribution in [1.29, 1.82) is 0 Å². The molecular weight excluding hydrogens is 460 g/mol. The van der Waals surface area contributed by atoms with Crippen molar-refractivity contribution in [3.63, 3.8) is 0 Å². The third-order valence-corrected chi connectivity index (χ3v) is 2.93. The van der Waals surface area contributed by atoms with E-state index >= 15 is 0 Å². The smallest absolute Gasteiger partial charge is 0.550 e. The van der Waals surface area contributed by atoms with Crippen LogP contribution in [0.1, 0.15) is 19.3 Å². The molecule has 0 fully saturated rings. The average Bonchev–Trinajstić information content (AvgIpc) is 2.58. The predicted octanol–water partition coefficient (Wildman–Crippen LogP) is -10.1. The van der Waals surface area contributed by atoms with Crippen LogP contribution in [0.5, 0.6) is 0 Å². The first-order valence-corrected chi connectivity index (χ1v) is 8.02. The molecule has 0 aliphatic rings. The second kappa shape index (κ2) is 25.4. The number of nitrogens with two attached hydrogens (primary N) is 5. The van der Waals surface area contributed by atoms with Gasteiger partial charge in [-0.25, -0.2) is 0 Å². The molecule has 0 radical (unpaired) electrons. The molecule has 0 spiro atoms. The number of carbonyl (C=O) groups excluding carboxylic acids is 4. The fourth-order valence-corrected chi connectivity index (χ4v) is 1.72. The fraction of sp³-hybridized carbons (Fsp3) is 0.714. The molecule has 0 aliphatic carbocycles. The Morgan fingerprint density at radius 3 is 1.23 bits per heavy atom. The summed E-state index contributed by atoms with van der Waals surface area (Å²) in [6, 6.07) is -1.55. The van der Waals surface area contributed by atoms with Crippen LogP contribution in [0.25, 0.3) is 0 Å². The Hall–Kier alpha value is 0.159. The first-order chi connectivity index (χ1) is 12.9. The Kier molecular flexibility index (Phi) is 34.3. The number of carbonyl (C=O) groups is 4. The second-order valence-electron chi connectivity index (χ2n) is 5.32. The van der Waals surface area contributed by atoms with Crippen molar-refractivity contribution < 1.29 is 39.6 Å². The summed E-state index contributed by atoms with van der Waals surface area (Å²) in [5.41, 5.74) is 23.0. The van der Waals surface area contributed by atoms with Gasteiger partial charge in [0.2, 0.25) is 0 Å². The molecule has 0 amide bonds. The number of carboxylic acids is 4. The van der Waals surface area contributed by atoms with Gasteiger partial charge in [0.15, 0.2) is 0 Å². The van der Waals surface area contributed by atoms with E-state index in [-0.39, 0.29) is 75.5 Å². The minimum atomic E-state index is -2.07. The van der Waals surface area contributed by atoms with Gasteiger partial charge in [-0.15, -0.1) is 0 Å². The summed E-state index contributed by atoms with van der Waals surface area (Å²) in [6.07, 6.45) is -2.94. The van der Waals surface area contributed by atoms with Crippen LogP contribution < -0.4 is 54.4 Å². The fourth-order valence-electron chi connectivity index (χ4n) is 1.72. The SMILES string of the molecule is NC(CC(=O)[O-])C(CC(=O)[O-])(CC(=O)[O-])NCC(=O)[O-].NCCN.NCCN.[Ca+2].[Ca+2]. The molecule has 16 heteroatoms. The third-order valence-electron chi connectivity index (χ3n) is 2.93. The van der Waals surface area contributed by atoms with E-state index in [9.17, 15) is 39.6 Å². The predicted molar refractivity (Wildman–Crippen MR) is 100 cm³/mol. The van der Waals surface area contributed by atoms with Gasteiger partial charge in [0.1, 0.15) is 0 Å². The standard InChI is InChI=1S/C10H16N2O8.2C2H8N2.2Ca/c11-5(1-6(13)14)10(2-7(15)16,3-8(17)18)12-4-9(19)20;2*3-1-2-4;;/h5,12H,1-4,11H2,(H,13,14)(H,15,16)(H,17,18)(H,19,20);2*1-4H2;;/q;;;2*+2/p-4. The quantitative estimate of drug-likeness (QED) is 0.139. The normalized spacial score (nSPS) is 10.4. The van der Waals surface area contributed by atoms with E-state index in [1.54, 1.807) is 0 Å². The molecule has 1 unspecified atom stereocenters. The maximum absolute atomic E-state index is 10.7. The van der Waals surface area contributed by atoms with Crippen molar-refractivity contribution in [2.24, 2.45) is 28.7 Å². The largest absolute Gasteiger partial charge is 2.00 e. The molecule has 11 N–H and O–H groups in total. The number of hydrogen-bond acceptors (Lipinski definition) is 14. The van der Waals surface area contributed by atoms with Crippen molar-refractivity contribution in [2.75, 3.05) is 32.7 Å². The zero-order chi connectivity index (χ0) is 22.8. The minimum Gasteiger partial charge on any atom is -0.550 e. The molecule has 1 atom stereocenters. The van der Waals surface area contributed by atoms with Crippen LogP contribution in [-0.2, 0) is 19.2 Å². The summed E-state index contributed by atoms with van der Waals surface area (Å²) < 4.78 is 0. The molecular formula is C14H28Ca2N6O8. The van der Waals surface area contributed by atoms with Gasteiger partial charge in [0, 0.05) is 81.5 Å². The van der Waals surface area contributed by atoms with Gasteiger partial charge < -0.3 is 73.6 Å². The Labute approximate surface area is 234 Å². The number of aliphatic carboxylic acids is 4. The number of nitrogens with one attached hydrogen (secondary N) is 1. The van der Waals surface area contributed by atoms with E-state index in [0.29, 0.717) is 26.2 Å². The van der Waals surface area contributed by atoms with E-state index in [2.05, 4.69) is 5.32 Å². The second-order valence-corrected chi connectivity index (χ2v) is 5.32. The molecule has 166 valence electrons. The van der Waals surface area contributed by atoms with Gasteiger partial charge >= 0.3 is 75.5 Å². The van der Waals surface area contributed by atoms with Gasteiger partial charge in [0.05, 0.1) is 5.97 Å². The maximum Gasteiger partial charge on any atom is 2.00 e. The molecule has 0 saturated carbocycles.